The van der Waals surface area contributed by atoms with Crippen molar-refractivity contribution in [1.29, 1.82) is 0 Å². The molecule has 4 rings (SSSR count). The van der Waals surface area contributed by atoms with E-state index in [4.69, 9.17) is 0 Å². The van der Waals surface area contributed by atoms with Gasteiger partial charge in [-0.15, -0.1) is 10.2 Å². The molecule has 1 aliphatic heterocycles. The standard InChI is InChI=1S/C26H33N5OS/c1-3-30(23-15-9-5-10-16-23)25(32)21(2)33-26-28-27-24(20-29-17-11-6-12-18-29)31(26)19-22-13-7-4-8-14-22/h4-5,7-10,13-16,21H,3,6,11-12,17-20H2,1-2H3. The molecule has 7 heteroatoms. The van der Waals surface area contributed by atoms with Gasteiger partial charge in [0.05, 0.1) is 18.3 Å². The van der Waals surface area contributed by atoms with Crippen molar-refractivity contribution in [3.63, 3.8) is 0 Å². The smallest absolute Gasteiger partial charge is 0.240 e. The number of hydrogen-bond donors (Lipinski definition) is 0. The Bertz CT molecular complexity index is 1020. The third kappa shape index (κ3) is 6.03. The first-order valence-electron chi connectivity index (χ1n) is 11.9. The lowest BCUT2D eigenvalue weighted by Gasteiger charge is -2.26. The fraction of sp³-hybridized carbons (Fsp3) is 0.423. The van der Waals surface area contributed by atoms with Crippen LogP contribution in [0.5, 0.6) is 0 Å². The first-order chi connectivity index (χ1) is 16.2. The lowest BCUT2D eigenvalue weighted by atomic mass is 10.1. The molecule has 0 N–H and O–H groups in total. The molecular formula is C26H33N5OS. The van der Waals surface area contributed by atoms with Gasteiger partial charge in [0.15, 0.2) is 5.16 Å². The second-order valence-corrected chi connectivity index (χ2v) is 9.79. The van der Waals surface area contributed by atoms with E-state index in [1.807, 2.05) is 55.1 Å². The van der Waals surface area contributed by atoms with E-state index in [1.165, 1.54) is 36.6 Å². The van der Waals surface area contributed by atoms with Gasteiger partial charge in [-0.1, -0.05) is 66.7 Å². The average Bonchev–Trinajstić information content (AvgIpc) is 3.22. The number of carbonyl (C=O) groups excluding carboxylic acids is 1. The predicted molar refractivity (Wildman–Crippen MR) is 134 cm³/mol. The molecular weight excluding hydrogens is 430 g/mol. The molecule has 0 bridgehead atoms. The average molecular weight is 464 g/mol. The number of hydrogen-bond acceptors (Lipinski definition) is 5. The van der Waals surface area contributed by atoms with E-state index in [0.29, 0.717) is 13.1 Å². The molecule has 0 aliphatic carbocycles. The number of likely N-dealkylation sites (tertiary alicyclic amines) is 1. The number of anilines is 1. The number of thioether (sulfide) groups is 1. The molecule has 6 nitrogen and oxygen atoms in total. The molecule has 1 aromatic heterocycles. The Hall–Kier alpha value is -2.64. The van der Waals surface area contributed by atoms with Crippen LogP contribution in [0.1, 0.15) is 44.5 Å². The van der Waals surface area contributed by atoms with E-state index < -0.39 is 0 Å². The normalized spacial score (nSPS) is 15.3. The highest BCUT2D eigenvalue weighted by atomic mass is 32.2. The van der Waals surface area contributed by atoms with E-state index in [9.17, 15) is 4.79 Å². The largest absolute Gasteiger partial charge is 0.312 e. The van der Waals surface area contributed by atoms with Crippen LogP contribution in [0.25, 0.3) is 0 Å². The molecule has 2 aromatic carbocycles. The molecule has 1 fully saturated rings. The minimum Gasteiger partial charge on any atom is -0.312 e. The summed E-state index contributed by atoms with van der Waals surface area (Å²) in [6.45, 7) is 8.33. The predicted octanol–water partition coefficient (Wildman–Crippen LogP) is 4.85. The van der Waals surface area contributed by atoms with Crippen LogP contribution >= 0.6 is 11.8 Å². The van der Waals surface area contributed by atoms with Gasteiger partial charge in [0.2, 0.25) is 5.91 Å². The molecule has 1 saturated heterocycles. The Balaban J connectivity index is 1.54. The second-order valence-electron chi connectivity index (χ2n) is 8.49. The Morgan fingerprint density at radius 1 is 0.970 bits per heavy atom. The number of amides is 1. The zero-order chi connectivity index (χ0) is 23.0. The lowest BCUT2D eigenvalue weighted by molar-refractivity contribution is -0.117. The van der Waals surface area contributed by atoms with Crippen molar-refractivity contribution < 1.29 is 4.79 Å². The SMILES string of the molecule is CCN(C(=O)C(C)Sc1nnc(CN2CCCCC2)n1Cc1ccccc1)c1ccccc1. The molecule has 2 heterocycles. The second kappa shape index (κ2) is 11.5. The van der Waals surface area contributed by atoms with Crippen molar-refractivity contribution in [2.24, 2.45) is 0 Å². The summed E-state index contributed by atoms with van der Waals surface area (Å²) in [6, 6.07) is 20.3. The zero-order valence-corrected chi connectivity index (χ0v) is 20.4. The first kappa shape index (κ1) is 23.5. The van der Waals surface area contributed by atoms with Gasteiger partial charge in [0.25, 0.3) is 0 Å². The van der Waals surface area contributed by atoms with E-state index in [2.05, 4.69) is 43.9 Å². The van der Waals surface area contributed by atoms with Gasteiger partial charge in [0.1, 0.15) is 5.82 Å². The maximum Gasteiger partial charge on any atom is 0.240 e. The number of nitrogens with zero attached hydrogens (tertiary/aromatic N) is 5. The highest BCUT2D eigenvalue weighted by molar-refractivity contribution is 8.00. The highest BCUT2D eigenvalue weighted by Gasteiger charge is 2.25. The molecule has 3 aromatic rings. The number of para-hydroxylation sites is 1. The van der Waals surface area contributed by atoms with Gasteiger partial charge in [-0.25, -0.2) is 0 Å². The summed E-state index contributed by atoms with van der Waals surface area (Å²) in [6.07, 6.45) is 3.79. The van der Waals surface area contributed by atoms with E-state index in [1.54, 1.807) is 0 Å². The summed E-state index contributed by atoms with van der Waals surface area (Å²) >= 11 is 1.50. The molecule has 0 spiro atoms. The Morgan fingerprint density at radius 2 is 1.64 bits per heavy atom. The molecule has 1 aliphatic rings. The van der Waals surface area contributed by atoms with Gasteiger partial charge >= 0.3 is 0 Å². The molecule has 0 saturated carbocycles. The van der Waals surface area contributed by atoms with Gasteiger partial charge in [-0.3, -0.25) is 9.69 Å². The van der Waals surface area contributed by atoms with Crippen LogP contribution in [0.15, 0.2) is 65.8 Å². The van der Waals surface area contributed by atoms with E-state index in [0.717, 1.165) is 36.3 Å². The van der Waals surface area contributed by atoms with Crippen molar-refractivity contribution >= 4 is 23.4 Å². The Kier molecular flexibility index (Phi) is 8.18. The molecule has 33 heavy (non-hydrogen) atoms. The molecule has 0 radical (unpaired) electrons. The maximum atomic E-state index is 13.3. The summed E-state index contributed by atoms with van der Waals surface area (Å²) in [4.78, 5) is 17.6. The van der Waals surface area contributed by atoms with Crippen molar-refractivity contribution in [2.75, 3.05) is 24.5 Å². The Labute approximate surface area is 201 Å². The van der Waals surface area contributed by atoms with Gasteiger partial charge in [0, 0.05) is 12.2 Å². The molecule has 1 atom stereocenters. The highest BCUT2D eigenvalue weighted by Crippen LogP contribution is 2.27. The minimum atomic E-state index is -0.272. The van der Waals surface area contributed by atoms with Crippen molar-refractivity contribution in [1.82, 2.24) is 19.7 Å². The maximum absolute atomic E-state index is 13.3. The topological polar surface area (TPSA) is 54.3 Å². The Morgan fingerprint density at radius 3 is 2.30 bits per heavy atom. The van der Waals surface area contributed by atoms with Crippen molar-refractivity contribution in [3.8, 4) is 0 Å². The summed E-state index contributed by atoms with van der Waals surface area (Å²) in [5.41, 5.74) is 2.13. The van der Waals surface area contributed by atoms with Crippen LogP contribution in [-0.4, -0.2) is 50.5 Å². The van der Waals surface area contributed by atoms with Crippen LogP contribution in [0, 0.1) is 0 Å². The summed E-state index contributed by atoms with van der Waals surface area (Å²) in [5, 5.41) is 9.63. The van der Waals surface area contributed by atoms with Crippen LogP contribution in [0.4, 0.5) is 5.69 Å². The first-order valence-corrected chi connectivity index (χ1v) is 12.7. The van der Waals surface area contributed by atoms with Crippen LogP contribution in [-0.2, 0) is 17.9 Å². The number of benzene rings is 2. The third-order valence-electron chi connectivity index (χ3n) is 6.07. The minimum absolute atomic E-state index is 0.0838. The van der Waals surface area contributed by atoms with E-state index >= 15 is 0 Å². The van der Waals surface area contributed by atoms with Gasteiger partial charge < -0.3 is 9.47 Å². The van der Waals surface area contributed by atoms with Crippen LogP contribution < -0.4 is 4.90 Å². The number of carbonyl (C=O) groups is 1. The van der Waals surface area contributed by atoms with Crippen molar-refractivity contribution in [3.05, 3.63) is 72.1 Å². The lowest BCUT2D eigenvalue weighted by Crippen LogP contribution is -2.36. The zero-order valence-electron chi connectivity index (χ0n) is 19.6. The monoisotopic (exact) mass is 463 g/mol. The van der Waals surface area contributed by atoms with E-state index in [-0.39, 0.29) is 11.2 Å². The van der Waals surface area contributed by atoms with Crippen molar-refractivity contribution in [2.45, 2.75) is 56.6 Å². The number of piperidine rings is 1. The molecule has 1 amide bonds. The third-order valence-corrected chi connectivity index (χ3v) is 7.14. The summed E-state index contributed by atoms with van der Waals surface area (Å²) < 4.78 is 2.19. The van der Waals surface area contributed by atoms with Gasteiger partial charge in [-0.05, 0) is 57.5 Å². The molecule has 1 unspecified atom stereocenters. The van der Waals surface area contributed by atoms with Crippen LogP contribution in [0.3, 0.4) is 0 Å². The van der Waals surface area contributed by atoms with Gasteiger partial charge in [-0.2, -0.15) is 0 Å². The van der Waals surface area contributed by atoms with Crippen LogP contribution in [0.2, 0.25) is 0 Å². The summed E-state index contributed by atoms with van der Waals surface area (Å²) in [7, 11) is 0. The molecule has 174 valence electrons. The quantitative estimate of drug-likeness (QED) is 0.425. The summed E-state index contributed by atoms with van der Waals surface area (Å²) in [5.74, 6) is 1.05. The fourth-order valence-electron chi connectivity index (χ4n) is 4.27. The number of aromatic nitrogens is 3. The fourth-order valence-corrected chi connectivity index (χ4v) is 5.20. The number of rotatable bonds is 9.